The molecule has 3 N–H and O–H groups in total. The SMILES string of the molecule is CN=C(NCCc1c[nH]c2cc(F)ccc12)NCc1c(C)nn(C)c1C.I. The maximum atomic E-state index is 13.3. The molecule has 0 amide bonds. The van der Waals surface area contributed by atoms with E-state index in [-0.39, 0.29) is 29.8 Å². The van der Waals surface area contributed by atoms with Gasteiger partial charge in [0, 0.05) is 55.5 Å². The molecule has 0 saturated carbocycles. The molecule has 0 aliphatic carbocycles. The van der Waals surface area contributed by atoms with E-state index in [9.17, 15) is 4.39 Å². The van der Waals surface area contributed by atoms with Crippen molar-refractivity contribution < 1.29 is 4.39 Å². The molecule has 0 radical (unpaired) electrons. The molecule has 0 fully saturated rings. The summed E-state index contributed by atoms with van der Waals surface area (Å²) in [4.78, 5) is 7.39. The Kier molecular flexibility index (Phi) is 7.23. The van der Waals surface area contributed by atoms with Crippen LogP contribution in [0.15, 0.2) is 29.4 Å². The van der Waals surface area contributed by atoms with E-state index in [1.54, 1.807) is 7.05 Å². The van der Waals surface area contributed by atoms with Crippen molar-refractivity contribution in [3.05, 3.63) is 52.7 Å². The maximum absolute atomic E-state index is 13.3. The number of fused-ring (bicyclic) bond motifs is 1. The average molecular weight is 484 g/mol. The van der Waals surface area contributed by atoms with Crippen molar-refractivity contribution in [1.29, 1.82) is 0 Å². The summed E-state index contributed by atoms with van der Waals surface area (Å²) in [6.07, 6.45) is 2.75. The zero-order valence-electron chi connectivity index (χ0n) is 16.1. The Morgan fingerprint density at radius 3 is 2.74 bits per heavy atom. The Hall–Kier alpha value is -2.10. The molecule has 0 aliphatic heterocycles. The van der Waals surface area contributed by atoms with E-state index < -0.39 is 0 Å². The monoisotopic (exact) mass is 484 g/mol. The van der Waals surface area contributed by atoms with Crippen LogP contribution in [0.3, 0.4) is 0 Å². The number of aromatic amines is 1. The molecule has 146 valence electrons. The first-order valence-corrected chi connectivity index (χ1v) is 8.68. The van der Waals surface area contributed by atoms with E-state index in [4.69, 9.17) is 0 Å². The van der Waals surface area contributed by atoms with Gasteiger partial charge in [0.2, 0.25) is 0 Å². The van der Waals surface area contributed by atoms with E-state index in [0.717, 1.165) is 46.8 Å². The highest BCUT2D eigenvalue weighted by Gasteiger charge is 2.10. The first-order chi connectivity index (χ1) is 12.5. The standard InChI is InChI=1S/C19H25FN6.HI/c1-12-17(13(2)26(4)25-12)11-24-19(21-3)22-8-7-14-10-23-18-9-15(20)5-6-16(14)18;/h5-6,9-10,23H,7-8,11H2,1-4H3,(H2,21,22,24);1H. The number of hydrogen-bond donors (Lipinski definition) is 3. The minimum Gasteiger partial charge on any atom is -0.361 e. The Morgan fingerprint density at radius 1 is 1.30 bits per heavy atom. The molecule has 8 heteroatoms. The first-order valence-electron chi connectivity index (χ1n) is 8.68. The van der Waals surface area contributed by atoms with E-state index in [1.807, 2.05) is 30.9 Å². The summed E-state index contributed by atoms with van der Waals surface area (Å²) in [7, 11) is 3.71. The zero-order valence-corrected chi connectivity index (χ0v) is 18.4. The molecule has 6 nitrogen and oxygen atoms in total. The van der Waals surface area contributed by atoms with Crippen LogP contribution in [0.4, 0.5) is 4.39 Å². The number of H-pyrrole nitrogens is 1. The lowest BCUT2D eigenvalue weighted by molar-refractivity contribution is 0.629. The number of rotatable bonds is 5. The predicted octanol–water partition coefficient (Wildman–Crippen LogP) is 3.18. The van der Waals surface area contributed by atoms with Crippen molar-refractivity contribution >= 4 is 40.8 Å². The van der Waals surface area contributed by atoms with Gasteiger partial charge in [-0.05, 0) is 44.0 Å². The molecule has 3 rings (SSSR count). The minimum atomic E-state index is -0.227. The summed E-state index contributed by atoms with van der Waals surface area (Å²) in [5, 5.41) is 12.1. The molecule has 0 aliphatic rings. The van der Waals surface area contributed by atoms with Crippen molar-refractivity contribution in [3.63, 3.8) is 0 Å². The number of aryl methyl sites for hydroxylation is 2. The van der Waals surface area contributed by atoms with Gasteiger partial charge in [0.1, 0.15) is 5.82 Å². The van der Waals surface area contributed by atoms with Crippen LogP contribution in [-0.2, 0) is 20.0 Å². The third-order valence-electron chi connectivity index (χ3n) is 4.73. The van der Waals surface area contributed by atoms with Gasteiger partial charge in [-0.3, -0.25) is 9.67 Å². The zero-order chi connectivity index (χ0) is 18.7. The van der Waals surface area contributed by atoms with Crippen LogP contribution < -0.4 is 10.6 Å². The van der Waals surface area contributed by atoms with Crippen LogP contribution in [0, 0.1) is 19.7 Å². The van der Waals surface area contributed by atoms with Crippen LogP contribution >= 0.6 is 24.0 Å². The van der Waals surface area contributed by atoms with Crippen LogP contribution in [0.2, 0.25) is 0 Å². The quantitative estimate of drug-likeness (QED) is 0.296. The van der Waals surface area contributed by atoms with Gasteiger partial charge in [0.15, 0.2) is 5.96 Å². The highest BCUT2D eigenvalue weighted by Crippen LogP contribution is 2.19. The van der Waals surface area contributed by atoms with E-state index in [2.05, 4.69) is 32.6 Å². The largest absolute Gasteiger partial charge is 0.361 e. The topological polar surface area (TPSA) is 70.0 Å². The molecule has 2 aromatic heterocycles. The summed E-state index contributed by atoms with van der Waals surface area (Å²) in [5.74, 6) is 0.521. The number of halogens is 2. The second-order valence-electron chi connectivity index (χ2n) is 6.38. The first kappa shape index (κ1) is 21.2. The number of guanidine groups is 1. The van der Waals surface area contributed by atoms with Crippen LogP contribution in [-0.4, -0.2) is 34.3 Å². The second-order valence-corrected chi connectivity index (χ2v) is 6.38. The summed E-state index contributed by atoms with van der Waals surface area (Å²) in [6.45, 7) is 5.49. The fourth-order valence-electron chi connectivity index (χ4n) is 3.15. The van der Waals surface area contributed by atoms with Gasteiger partial charge >= 0.3 is 0 Å². The van der Waals surface area contributed by atoms with Gasteiger partial charge in [-0.1, -0.05) is 0 Å². The van der Waals surface area contributed by atoms with Crippen LogP contribution in [0.5, 0.6) is 0 Å². The normalized spacial score (nSPS) is 11.5. The van der Waals surface area contributed by atoms with Gasteiger partial charge in [-0.15, -0.1) is 24.0 Å². The van der Waals surface area contributed by atoms with Crippen molar-refractivity contribution in [2.24, 2.45) is 12.0 Å². The van der Waals surface area contributed by atoms with E-state index in [0.29, 0.717) is 6.54 Å². The summed E-state index contributed by atoms with van der Waals surface area (Å²) in [6, 6.07) is 4.83. The molecule has 0 atom stereocenters. The molecule has 2 heterocycles. The van der Waals surface area contributed by atoms with E-state index in [1.165, 1.54) is 17.7 Å². The average Bonchev–Trinajstić information content (AvgIpc) is 3.12. The number of aromatic nitrogens is 3. The van der Waals surface area contributed by atoms with E-state index >= 15 is 0 Å². The Morgan fingerprint density at radius 2 is 2.07 bits per heavy atom. The Bertz CT molecular complexity index is 943. The number of nitrogens with zero attached hydrogens (tertiary/aromatic N) is 3. The predicted molar refractivity (Wildman–Crippen MR) is 118 cm³/mol. The fraction of sp³-hybridized carbons (Fsp3) is 0.368. The fourth-order valence-corrected chi connectivity index (χ4v) is 3.15. The Labute approximate surface area is 175 Å². The minimum absolute atomic E-state index is 0. The van der Waals surface area contributed by atoms with Crippen LogP contribution in [0.1, 0.15) is 22.5 Å². The van der Waals surface area contributed by atoms with Gasteiger partial charge < -0.3 is 15.6 Å². The van der Waals surface area contributed by atoms with Gasteiger partial charge in [0.25, 0.3) is 0 Å². The summed E-state index contributed by atoms with van der Waals surface area (Å²) in [5.41, 5.74) is 5.34. The molecule has 27 heavy (non-hydrogen) atoms. The van der Waals surface area contributed by atoms with Crippen molar-refractivity contribution in [3.8, 4) is 0 Å². The maximum Gasteiger partial charge on any atom is 0.191 e. The third-order valence-corrected chi connectivity index (χ3v) is 4.73. The van der Waals surface area contributed by atoms with Gasteiger partial charge in [0.05, 0.1) is 5.69 Å². The summed E-state index contributed by atoms with van der Waals surface area (Å²) < 4.78 is 15.2. The Balaban J connectivity index is 0.00000261. The van der Waals surface area contributed by atoms with Crippen molar-refractivity contribution in [2.45, 2.75) is 26.8 Å². The molecule has 0 saturated heterocycles. The highest BCUT2D eigenvalue weighted by atomic mass is 127. The lowest BCUT2D eigenvalue weighted by Crippen LogP contribution is -2.38. The molecule has 1 aromatic carbocycles. The lowest BCUT2D eigenvalue weighted by atomic mass is 10.1. The highest BCUT2D eigenvalue weighted by molar-refractivity contribution is 14.0. The number of aliphatic imine (C=N–C) groups is 1. The molecular weight excluding hydrogens is 458 g/mol. The molecule has 0 unspecified atom stereocenters. The lowest BCUT2D eigenvalue weighted by Gasteiger charge is -2.12. The van der Waals surface area contributed by atoms with Crippen molar-refractivity contribution in [2.75, 3.05) is 13.6 Å². The second kappa shape index (κ2) is 9.20. The van der Waals surface area contributed by atoms with Crippen molar-refractivity contribution in [1.82, 2.24) is 25.4 Å². The van der Waals surface area contributed by atoms with Crippen LogP contribution in [0.25, 0.3) is 10.9 Å². The molecule has 0 spiro atoms. The number of benzene rings is 1. The smallest absolute Gasteiger partial charge is 0.191 e. The molecule has 0 bridgehead atoms. The third kappa shape index (κ3) is 4.79. The van der Waals surface area contributed by atoms with Gasteiger partial charge in [-0.2, -0.15) is 5.10 Å². The number of nitrogens with one attached hydrogen (secondary N) is 3. The summed E-state index contributed by atoms with van der Waals surface area (Å²) >= 11 is 0. The number of hydrogen-bond acceptors (Lipinski definition) is 2. The molecular formula is C19H26FIN6. The van der Waals surface area contributed by atoms with Gasteiger partial charge in [-0.25, -0.2) is 4.39 Å². The molecule has 3 aromatic rings.